The van der Waals surface area contributed by atoms with E-state index < -0.39 is 0 Å². The van der Waals surface area contributed by atoms with Crippen LogP contribution < -0.4 is 5.32 Å². The molecule has 3 aromatic rings. The molecule has 0 aliphatic carbocycles. The number of benzene rings is 1. The summed E-state index contributed by atoms with van der Waals surface area (Å²) in [6.07, 6.45) is 7.64. The van der Waals surface area contributed by atoms with Crippen molar-refractivity contribution >= 4 is 0 Å². The Kier molecular flexibility index (Phi) is 4.07. The third-order valence-corrected chi connectivity index (χ3v) is 3.45. The molecular formula is C17H18N4. The van der Waals surface area contributed by atoms with E-state index in [1.54, 1.807) is 6.20 Å². The molecule has 0 fully saturated rings. The molecule has 106 valence electrons. The third kappa shape index (κ3) is 3.35. The maximum absolute atomic E-state index is 4.40. The van der Waals surface area contributed by atoms with Crippen LogP contribution in [-0.2, 0) is 6.54 Å². The molecular weight excluding hydrogens is 260 g/mol. The fourth-order valence-electron chi connectivity index (χ4n) is 2.19. The maximum Gasteiger partial charge on any atom is 0.0645 e. The van der Waals surface area contributed by atoms with Gasteiger partial charge in [0.25, 0.3) is 0 Å². The van der Waals surface area contributed by atoms with Crippen LogP contribution in [0.3, 0.4) is 0 Å². The van der Waals surface area contributed by atoms with E-state index in [9.17, 15) is 0 Å². The molecule has 3 rings (SSSR count). The zero-order valence-electron chi connectivity index (χ0n) is 12.0. The highest BCUT2D eigenvalue weighted by molar-refractivity contribution is 5.30. The third-order valence-electron chi connectivity index (χ3n) is 3.45. The molecule has 0 saturated heterocycles. The van der Waals surface area contributed by atoms with E-state index in [0.29, 0.717) is 0 Å². The second kappa shape index (κ2) is 6.33. The summed E-state index contributed by atoms with van der Waals surface area (Å²) >= 11 is 0. The SMILES string of the molecule is CC(NCc1cnn(-c2ccccc2)c1)c1cccnc1. The van der Waals surface area contributed by atoms with Gasteiger partial charge >= 0.3 is 0 Å². The topological polar surface area (TPSA) is 42.7 Å². The first kappa shape index (κ1) is 13.5. The van der Waals surface area contributed by atoms with Crippen LogP contribution in [0, 0.1) is 0 Å². The van der Waals surface area contributed by atoms with Gasteiger partial charge in [0.2, 0.25) is 0 Å². The Morgan fingerprint density at radius 3 is 2.71 bits per heavy atom. The Bertz CT molecular complexity index is 676. The molecule has 4 heteroatoms. The van der Waals surface area contributed by atoms with Crippen molar-refractivity contribution in [1.82, 2.24) is 20.1 Å². The molecule has 21 heavy (non-hydrogen) atoms. The van der Waals surface area contributed by atoms with Crippen LogP contribution in [0.2, 0.25) is 0 Å². The number of para-hydroxylation sites is 1. The van der Waals surface area contributed by atoms with Crippen molar-refractivity contribution in [2.75, 3.05) is 0 Å². The van der Waals surface area contributed by atoms with Gasteiger partial charge in [-0.25, -0.2) is 4.68 Å². The van der Waals surface area contributed by atoms with Gasteiger partial charge in [0.15, 0.2) is 0 Å². The molecule has 1 unspecified atom stereocenters. The van der Waals surface area contributed by atoms with Crippen molar-refractivity contribution < 1.29 is 0 Å². The molecule has 0 aliphatic heterocycles. The monoisotopic (exact) mass is 278 g/mol. The lowest BCUT2D eigenvalue weighted by Crippen LogP contribution is -2.17. The number of rotatable bonds is 5. The standard InChI is InChI=1S/C17H18N4/c1-14(16-6-5-9-18-12-16)19-10-15-11-20-21(13-15)17-7-3-2-4-8-17/h2-9,11-14,19H,10H2,1H3. The molecule has 1 aromatic carbocycles. The molecule has 1 N–H and O–H groups in total. The van der Waals surface area contributed by atoms with Gasteiger partial charge in [-0.2, -0.15) is 5.10 Å². The van der Waals surface area contributed by atoms with Gasteiger partial charge in [-0.1, -0.05) is 24.3 Å². The van der Waals surface area contributed by atoms with E-state index in [4.69, 9.17) is 0 Å². The van der Waals surface area contributed by atoms with Gasteiger partial charge in [0.1, 0.15) is 0 Å². The second-order valence-electron chi connectivity index (χ2n) is 5.02. The van der Waals surface area contributed by atoms with Crippen molar-refractivity contribution in [3.63, 3.8) is 0 Å². The molecule has 4 nitrogen and oxygen atoms in total. The van der Waals surface area contributed by atoms with Gasteiger partial charge in [-0.05, 0) is 30.7 Å². The van der Waals surface area contributed by atoms with Crippen molar-refractivity contribution in [1.29, 1.82) is 0 Å². The summed E-state index contributed by atoms with van der Waals surface area (Å²) in [6, 6.07) is 14.4. The zero-order chi connectivity index (χ0) is 14.5. The minimum atomic E-state index is 0.263. The molecule has 0 bridgehead atoms. The van der Waals surface area contributed by atoms with Crippen LogP contribution >= 0.6 is 0 Å². The first-order valence-corrected chi connectivity index (χ1v) is 7.05. The van der Waals surface area contributed by atoms with Gasteiger partial charge in [0.05, 0.1) is 11.9 Å². The highest BCUT2D eigenvalue weighted by atomic mass is 15.3. The van der Waals surface area contributed by atoms with E-state index in [1.165, 1.54) is 5.56 Å². The maximum atomic E-state index is 4.40. The summed E-state index contributed by atoms with van der Waals surface area (Å²) in [5.41, 5.74) is 3.42. The van der Waals surface area contributed by atoms with Crippen LogP contribution in [-0.4, -0.2) is 14.8 Å². The first-order chi connectivity index (χ1) is 10.3. The molecule has 0 amide bonds. The van der Waals surface area contributed by atoms with E-state index in [-0.39, 0.29) is 6.04 Å². The van der Waals surface area contributed by atoms with Crippen LogP contribution in [0.1, 0.15) is 24.1 Å². The van der Waals surface area contributed by atoms with Crippen molar-refractivity contribution in [2.24, 2.45) is 0 Å². The van der Waals surface area contributed by atoms with Gasteiger partial charge < -0.3 is 5.32 Å². The summed E-state index contributed by atoms with van der Waals surface area (Å²) in [4.78, 5) is 4.15. The Hall–Kier alpha value is -2.46. The van der Waals surface area contributed by atoms with Crippen LogP contribution in [0.5, 0.6) is 0 Å². The number of nitrogens with one attached hydrogen (secondary N) is 1. The fourth-order valence-corrected chi connectivity index (χ4v) is 2.19. The number of nitrogens with zero attached hydrogens (tertiary/aromatic N) is 3. The van der Waals surface area contributed by atoms with E-state index in [1.807, 2.05) is 53.5 Å². The van der Waals surface area contributed by atoms with Gasteiger partial charge in [-0.3, -0.25) is 4.98 Å². The molecule has 0 saturated carbocycles. The predicted molar refractivity (Wildman–Crippen MR) is 83.1 cm³/mol. The predicted octanol–water partition coefficient (Wildman–Crippen LogP) is 3.12. The lowest BCUT2D eigenvalue weighted by atomic mass is 10.1. The minimum Gasteiger partial charge on any atom is -0.306 e. The lowest BCUT2D eigenvalue weighted by molar-refractivity contribution is 0.573. The lowest BCUT2D eigenvalue weighted by Gasteiger charge is -2.12. The van der Waals surface area contributed by atoms with Crippen molar-refractivity contribution in [3.8, 4) is 5.69 Å². The molecule has 0 aliphatic rings. The fraction of sp³-hybridized carbons (Fsp3) is 0.176. The normalized spacial score (nSPS) is 12.2. The van der Waals surface area contributed by atoms with Gasteiger partial charge in [0, 0.05) is 36.7 Å². The zero-order valence-corrected chi connectivity index (χ0v) is 12.0. The van der Waals surface area contributed by atoms with E-state index in [2.05, 4.69) is 34.6 Å². The summed E-state index contributed by atoms with van der Waals surface area (Å²) in [5.74, 6) is 0. The van der Waals surface area contributed by atoms with Crippen LogP contribution in [0.4, 0.5) is 0 Å². The quantitative estimate of drug-likeness (QED) is 0.779. The number of hydrogen-bond acceptors (Lipinski definition) is 3. The largest absolute Gasteiger partial charge is 0.306 e. The molecule has 2 aromatic heterocycles. The number of pyridine rings is 1. The molecule has 0 radical (unpaired) electrons. The average molecular weight is 278 g/mol. The highest BCUT2D eigenvalue weighted by Gasteiger charge is 2.06. The van der Waals surface area contributed by atoms with Crippen molar-refractivity contribution in [2.45, 2.75) is 19.5 Å². The number of aromatic nitrogens is 3. The summed E-state index contributed by atoms with van der Waals surface area (Å²) < 4.78 is 1.89. The average Bonchev–Trinajstić information content (AvgIpc) is 3.03. The van der Waals surface area contributed by atoms with Crippen LogP contribution in [0.25, 0.3) is 5.69 Å². The smallest absolute Gasteiger partial charge is 0.0645 e. The molecule has 0 spiro atoms. The second-order valence-corrected chi connectivity index (χ2v) is 5.02. The molecule has 1 atom stereocenters. The van der Waals surface area contributed by atoms with Crippen LogP contribution in [0.15, 0.2) is 67.3 Å². The Morgan fingerprint density at radius 2 is 1.95 bits per heavy atom. The Balaban J connectivity index is 1.63. The minimum absolute atomic E-state index is 0.263. The van der Waals surface area contributed by atoms with E-state index >= 15 is 0 Å². The molecule has 2 heterocycles. The highest BCUT2D eigenvalue weighted by Crippen LogP contribution is 2.12. The Morgan fingerprint density at radius 1 is 1.10 bits per heavy atom. The van der Waals surface area contributed by atoms with E-state index in [0.717, 1.165) is 17.8 Å². The summed E-state index contributed by atoms with van der Waals surface area (Å²) in [7, 11) is 0. The summed E-state index contributed by atoms with van der Waals surface area (Å²) in [6.45, 7) is 2.92. The first-order valence-electron chi connectivity index (χ1n) is 7.05. The van der Waals surface area contributed by atoms with Gasteiger partial charge in [-0.15, -0.1) is 0 Å². The summed E-state index contributed by atoms with van der Waals surface area (Å²) in [5, 5.41) is 7.89. The van der Waals surface area contributed by atoms with Crippen molar-refractivity contribution in [3.05, 3.63) is 78.4 Å². The Labute approximate surface area is 124 Å². The number of hydrogen-bond donors (Lipinski definition) is 1.